The van der Waals surface area contributed by atoms with Gasteiger partial charge in [0.15, 0.2) is 0 Å². The molecule has 1 amide bonds. The monoisotopic (exact) mass is 400 g/mol. The van der Waals surface area contributed by atoms with Crippen LogP contribution < -0.4 is 19.1 Å². The minimum absolute atomic E-state index is 0.0615. The first kappa shape index (κ1) is 23.1. The Morgan fingerprint density at radius 3 is 2.00 bits per heavy atom. The quantitative estimate of drug-likeness (QED) is 0.689. The Labute approximate surface area is 163 Å². The van der Waals surface area contributed by atoms with E-state index in [9.17, 15) is 13.2 Å². The van der Waals surface area contributed by atoms with Crippen molar-refractivity contribution in [3.05, 3.63) is 18.2 Å². The van der Waals surface area contributed by atoms with Crippen molar-refractivity contribution in [2.45, 2.75) is 46.7 Å². The molecule has 8 heteroatoms. The highest BCUT2D eigenvalue weighted by Gasteiger charge is 2.33. The number of amides is 1. The van der Waals surface area contributed by atoms with Gasteiger partial charge in [-0.2, -0.15) is 0 Å². The molecule has 1 aromatic rings. The van der Waals surface area contributed by atoms with Crippen LogP contribution in [0.3, 0.4) is 0 Å². The van der Waals surface area contributed by atoms with E-state index in [1.165, 1.54) is 14.2 Å². The molecule has 7 nitrogen and oxygen atoms in total. The van der Waals surface area contributed by atoms with Crippen LogP contribution in [-0.2, 0) is 14.8 Å². The SMILES string of the molecule is COc1ccc(OC)c(N([C@H](C)C(=O)NC(C(C)C)C(C)C)S(C)(=O)=O)c1. The van der Waals surface area contributed by atoms with Crippen LogP contribution in [0.15, 0.2) is 18.2 Å². The average Bonchev–Trinajstić information content (AvgIpc) is 2.57. The number of carbonyl (C=O) groups is 1. The van der Waals surface area contributed by atoms with Crippen molar-refractivity contribution < 1.29 is 22.7 Å². The molecule has 1 N–H and O–H groups in total. The second kappa shape index (κ2) is 9.30. The summed E-state index contributed by atoms with van der Waals surface area (Å²) < 4.78 is 36.7. The zero-order valence-electron chi connectivity index (χ0n) is 17.4. The van der Waals surface area contributed by atoms with Crippen LogP contribution in [0, 0.1) is 11.8 Å². The van der Waals surface area contributed by atoms with Crippen LogP contribution in [0.1, 0.15) is 34.6 Å². The van der Waals surface area contributed by atoms with Crippen molar-refractivity contribution >= 4 is 21.6 Å². The molecular weight excluding hydrogens is 368 g/mol. The van der Waals surface area contributed by atoms with Gasteiger partial charge in [-0.15, -0.1) is 0 Å². The van der Waals surface area contributed by atoms with Crippen LogP contribution in [0.25, 0.3) is 0 Å². The first-order valence-corrected chi connectivity index (χ1v) is 10.8. The molecular formula is C19H32N2O5S. The van der Waals surface area contributed by atoms with Gasteiger partial charge in [-0.3, -0.25) is 9.10 Å². The largest absolute Gasteiger partial charge is 0.497 e. The zero-order valence-corrected chi connectivity index (χ0v) is 18.3. The summed E-state index contributed by atoms with van der Waals surface area (Å²) in [6.45, 7) is 9.65. The number of rotatable bonds is 9. The minimum atomic E-state index is -3.76. The molecule has 0 aliphatic rings. The normalized spacial score (nSPS) is 13.0. The van der Waals surface area contributed by atoms with Gasteiger partial charge >= 0.3 is 0 Å². The van der Waals surface area contributed by atoms with Crippen molar-refractivity contribution in [2.24, 2.45) is 11.8 Å². The third-order valence-corrected chi connectivity index (χ3v) is 5.68. The van der Waals surface area contributed by atoms with Crippen LogP contribution in [0.2, 0.25) is 0 Å². The van der Waals surface area contributed by atoms with Crippen molar-refractivity contribution in [1.82, 2.24) is 5.32 Å². The van der Waals surface area contributed by atoms with Crippen molar-refractivity contribution in [2.75, 3.05) is 24.8 Å². The molecule has 27 heavy (non-hydrogen) atoms. The number of nitrogens with zero attached hydrogens (tertiary/aromatic N) is 1. The first-order valence-electron chi connectivity index (χ1n) is 8.95. The molecule has 0 aliphatic carbocycles. The van der Waals surface area contributed by atoms with Gasteiger partial charge in [0, 0.05) is 12.1 Å². The molecule has 0 aromatic heterocycles. The fourth-order valence-electron chi connectivity index (χ4n) is 3.14. The molecule has 154 valence electrons. The number of ether oxygens (including phenoxy) is 2. The number of nitrogens with one attached hydrogen (secondary N) is 1. The van der Waals surface area contributed by atoms with Crippen LogP contribution >= 0.6 is 0 Å². The molecule has 0 unspecified atom stereocenters. The molecule has 0 saturated carbocycles. The molecule has 1 aromatic carbocycles. The van der Waals surface area contributed by atoms with Gasteiger partial charge in [-0.25, -0.2) is 8.42 Å². The molecule has 0 spiro atoms. The van der Waals surface area contributed by atoms with E-state index < -0.39 is 16.1 Å². The fraction of sp³-hybridized carbons (Fsp3) is 0.632. The maximum atomic E-state index is 12.9. The fourth-order valence-corrected chi connectivity index (χ4v) is 4.31. The molecule has 0 radical (unpaired) electrons. The molecule has 1 rings (SSSR count). The molecule has 0 fully saturated rings. The highest BCUT2D eigenvalue weighted by molar-refractivity contribution is 7.92. The third kappa shape index (κ3) is 5.76. The average molecular weight is 401 g/mol. The summed E-state index contributed by atoms with van der Waals surface area (Å²) in [4.78, 5) is 12.9. The van der Waals surface area contributed by atoms with E-state index >= 15 is 0 Å². The summed E-state index contributed by atoms with van der Waals surface area (Å²) in [6, 6.07) is 3.81. The van der Waals surface area contributed by atoms with E-state index in [-0.39, 0.29) is 29.5 Å². The number of sulfonamides is 1. The lowest BCUT2D eigenvalue weighted by Gasteiger charge is -2.32. The Kier molecular flexibility index (Phi) is 7.95. The first-order chi connectivity index (χ1) is 12.4. The van der Waals surface area contributed by atoms with Crippen molar-refractivity contribution in [3.8, 4) is 11.5 Å². The number of methoxy groups -OCH3 is 2. The molecule has 0 aliphatic heterocycles. The Bertz CT molecular complexity index is 738. The number of hydrogen-bond donors (Lipinski definition) is 1. The van der Waals surface area contributed by atoms with E-state index in [2.05, 4.69) is 5.32 Å². The molecule has 0 bridgehead atoms. The lowest BCUT2D eigenvalue weighted by Crippen LogP contribution is -2.52. The van der Waals surface area contributed by atoms with E-state index in [0.29, 0.717) is 11.5 Å². The highest BCUT2D eigenvalue weighted by Crippen LogP contribution is 2.35. The van der Waals surface area contributed by atoms with E-state index in [1.807, 2.05) is 27.7 Å². The Morgan fingerprint density at radius 2 is 1.59 bits per heavy atom. The second-order valence-electron chi connectivity index (χ2n) is 7.29. The van der Waals surface area contributed by atoms with E-state index in [0.717, 1.165) is 10.6 Å². The minimum Gasteiger partial charge on any atom is -0.497 e. The number of anilines is 1. The standard InChI is InChI=1S/C19H32N2O5S/c1-12(2)18(13(3)4)20-19(22)14(5)21(27(8,23)24)16-11-15(25-6)9-10-17(16)26-7/h9-14,18H,1-8H3,(H,20,22)/t14-/m1/s1. The predicted octanol–water partition coefficient (Wildman–Crippen LogP) is 2.66. The maximum absolute atomic E-state index is 12.9. The number of hydrogen-bond acceptors (Lipinski definition) is 5. The number of carbonyl (C=O) groups excluding carboxylic acids is 1. The Hall–Kier alpha value is -1.96. The van der Waals surface area contributed by atoms with Gasteiger partial charge in [0.1, 0.15) is 17.5 Å². The lowest BCUT2D eigenvalue weighted by molar-refractivity contribution is -0.123. The summed E-state index contributed by atoms with van der Waals surface area (Å²) >= 11 is 0. The van der Waals surface area contributed by atoms with Crippen LogP contribution in [0.4, 0.5) is 5.69 Å². The van der Waals surface area contributed by atoms with E-state index in [1.54, 1.807) is 25.1 Å². The third-order valence-electron chi connectivity index (χ3n) is 4.46. The molecule has 1 atom stereocenters. The van der Waals surface area contributed by atoms with E-state index in [4.69, 9.17) is 9.47 Å². The van der Waals surface area contributed by atoms with Gasteiger partial charge in [0.05, 0.1) is 26.2 Å². The summed E-state index contributed by atoms with van der Waals surface area (Å²) in [7, 11) is -0.822. The van der Waals surface area contributed by atoms with Crippen molar-refractivity contribution in [1.29, 1.82) is 0 Å². The Balaban J connectivity index is 3.35. The van der Waals surface area contributed by atoms with Gasteiger partial charge in [0.25, 0.3) is 0 Å². The molecule has 0 saturated heterocycles. The summed E-state index contributed by atoms with van der Waals surface area (Å²) in [5, 5.41) is 2.99. The van der Waals surface area contributed by atoms with Gasteiger partial charge in [-0.05, 0) is 30.9 Å². The lowest BCUT2D eigenvalue weighted by atomic mass is 9.93. The summed E-state index contributed by atoms with van der Waals surface area (Å²) in [6.07, 6.45) is 1.07. The van der Waals surface area contributed by atoms with Gasteiger partial charge < -0.3 is 14.8 Å². The zero-order chi connectivity index (χ0) is 20.9. The van der Waals surface area contributed by atoms with Gasteiger partial charge in [0.2, 0.25) is 15.9 Å². The van der Waals surface area contributed by atoms with Crippen LogP contribution in [-0.4, -0.2) is 46.9 Å². The second-order valence-corrected chi connectivity index (χ2v) is 9.15. The topological polar surface area (TPSA) is 84.9 Å². The van der Waals surface area contributed by atoms with Crippen molar-refractivity contribution in [3.63, 3.8) is 0 Å². The van der Waals surface area contributed by atoms with Crippen LogP contribution in [0.5, 0.6) is 11.5 Å². The highest BCUT2D eigenvalue weighted by atomic mass is 32.2. The van der Waals surface area contributed by atoms with Gasteiger partial charge in [-0.1, -0.05) is 27.7 Å². The molecule has 0 heterocycles. The predicted molar refractivity (Wildman–Crippen MR) is 108 cm³/mol. The smallest absolute Gasteiger partial charge is 0.243 e. The Morgan fingerprint density at radius 1 is 1.04 bits per heavy atom. The number of benzene rings is 1. The summed E-state index contributed by atoms with van der Waals surface area (Å²) in [5.41, 5.74) is 0.257. The maximum Gasteiger partial charge on any atom is 0.243 e. The summed E-state index contributed by atoms with van der Waals surface area (Å²) in [5.74, 6) is 0.885.